The predicted molar refractivity (Wildman–Crippen MR) is 71.3 cm³/mol. The number of hydrogen-bond acceptors (Lipinski definition) is 4. The highest BCUT2D eigenvalue weighted by atomic mass is 32.2. The van der Waals surface area contributed by atoms with E-state index < -0.39 is 0 Å². The molecule has 0 aliphatic heterocycles. The first-order chi connectivity index (χ1) is 8.29. The van der Waals surface area contributed by atoms with Crippen LogP contribution in [0.25, 0.3) is 0 Å². The van der Waals surface area contributed by atoms with E-state index in [0.29, 0.717) is 0 Å². The van der Waals surface area contributed by atoms with E-state index in [-0.39, 0.29) is 6.61 Å². The minimum atomic E-state index is -0.0871. The van der Waals surface area contributed by atoms with Gasteiger partial charge in [-0.2, -0.15) is 0 Å². The Morgan fingerprint density at radius 3 is 3.00 bits per heavy atom. The number of thiophene rings is 1. The Kier molecular flexibility index (Phi) is 4.32. The third-order valence-electron chi connectivity index (χ3n) is 2.13. The number of furan rings is 1. The molecule has 0 spiro atoms. The molecular weight excluding hydrogens is 252 g/mol. The van der Waals surface area contributed by atoms with E-state index in [9.17, 15) is 0 Å². The molecule has 2 aromatic heterocycles. The van der Waals surface area contributed by atoms with Gasteiger partial charge < -0.3 is 9.52 Å². The molecule has 0 saturated carbocycles. The van der Waals surface area contributed by atoms with Gasteiger partial charge in [-0.05, 0) is 25.1 Å². The van der Waals surface area contributed by atoms with Crippen molar-refractivity contribution in [2.75, 3.05) is 6.61 Å². The van der Waals surface area contributed by atoms with Crippen molar-refractivity contribution >= 4 is 23.1 Å². The summed E-state index contributed by atoms with van der Waals surface area (Å²) in [6, 6.07) is 6.06. The SMILES string of the molecule is Cc1occc1SCc1ccc(C#CCO)s1. The Morgan fingerprint density at radius 1 is 1.41 bits per heavy atom. The zero-order valence-electron chi connectivity index (χ0n) is 9.40. The topological polar surface area (TPSA) is 33.4 Å². The maximum Gasteiger partial charge on any atom is 0.114 e. The second-order valence-corrected chi connectivity index (χ2v) is 5.54. The first-order valence-electron chi connectivity index (χ1n) is 5.15. The van der Waals surface area contributed by atoms with Crippen LogP contribution in [0, 0.1) is 18.8 Å². The highest BCUT2D eigenvalue weighted by Gasteiger charge is 2.04. The second-order valence-electron chi connectivity index (χ2n) is 3.36. The second kappa shape index (κ2) is 5.97. The van der Waals surface area contributed by atoms with E-state index in [2.05, 4.69) is 17.9 Å². The quantitative estimate of drug-likeness (QED) is 0.682. The lowest BCUT2D eigenvalue weighted by atomic mass is 10.4. The predicted octanol–water partition coefficient (Wildman–Crippen LogP) is 3.29. The molecule has 0 fully saturated rings. The van der Waals surface area contributed by atoms with Crippen LogP contribution < -0.4 is 0 Å². The summed E-state index contributed by atoms with van der Waals surface area (Å²) < 4.78 is 5.24. The van der Waals surface area contributed by atoms with Crippen molar-refractivity contribution in [2.24, 2.45) is 0 Å². The normalized spacial score (nSPS) is 10.0. The molecule has 2 aromatic rings. The van der Waals surface area contributed by atoms with Crippen molar-refractivity contribution in [3.63, 3.8) is 0 Å². The Balaban J connectivity index is 1.96. The minimum Gasteiger partial charge on any atom is -0.468 e. The number of aliphatic hydroxyl groups excluding tert-OH is 1. The molecule has 17 heavy (non-hydrogen) atoms. The van der Waals surface area contributed by atoms with Crippen molar-refractivity contribution in [2.45, 2.75) is 17.6 Å². The van der Waals surface area contributed by atoms with E-state index in [0.717, 1.165) is 16.4 Å². The summed E-state index contributed by atoms with van der Waals surface area (Å²) >= 11 is 3.43. The number of hydrogen-bond donors (Lipinski definition) is 1. The van der Waals surface area contributed by atoms with Gasteiger partial charge in [0.15, 0.2) is 0 Å². The zero-order valence-corrected chi connectivity index (χ0v) is 11.0. The van der Waals surface area contributed by atoms with Crippen LogP contribution in [-0.4, -0.2) is 11.7 Å². The van der Waals surface area contributed by atoms with Crippen LogP contribution in [0.15, 0.2) is 33.8 Å². The lowest BCUT2D eigenvalue weighted by Gasteiger charge is -1.96. The van der Waals surface area contributed by atoms with E-state index >= 15 is 0 Å². The van der Waals surface area contributed by atoms with Gasteiger partial charge in [0.25, 0.3) is 0 Å². The molecule has 0 amide bonds. The highest BCUT2D eigenvalue weighted by Crippen LogP contribution is 2.29. The molecule has 2 rings (SSSR count). The standard InChI is InChI=1S/C13H12O2S2/c1-10-13(6-8-15-10)16-9-12-5-4-11(17-12)3-2-7-14/h4-6,8,14H,7,9H2,1H3. The number of thioether (sulfide) groups is 1. The van der Waals surface area contributed by atoms with Crippen molar-refractivity contribution < 1.29 is 9.52 Å². The summed E-state index contributed by atoms with van der Waals surface area (Å²) in [6.45, 7) is 1.88. The molecule has 0 bridgehead atoms. The molecule has 0 aliphatic carbocycles. The average Bonchev–Trinajstić information content (AvgIpc) is 2.93. The summed E-state index contributed by atoms with van der Waals surface area (Å²) in [5.41, 5.74) is 0. The van der Waals surface area contributed by atoms with Crippen LogP contribution in [0.4, 0.5) is 0 Å². The van der Waals surface area contributed by atoms with Gasteiger partial charge in [0.2, 0.25) is 0 Å². The summed E-state index contributed by atoms with van der Waals surface area (Å²) in [4.78, 5) is 3.46. The highest BCUT2D eigenvalue weighted by molar-refractivity contribution is 7.98. The zero-order chi connectivity index (χ0) is 12.1. The average molecular weight is 264 g/mol. The van der Waals surface area contributed by atoms with Gasteiger partial charge in [-0.25, -0.2) is 0 Å². The van der Waals surface area contributed by atoms with Gasteiger partial charge in [-0.15, -0.1) is 23.1 Å². The lowest BCUT2D eigenvalue weighted by molar-refractivity contribution is 0.350. The smallest absolute Gasteiger partial charge is 0.114 e. The summed E-state index contributed by atoms with van der Waals surface area (Å²) in [5.74, 6) is 7.45. The maximum atomic E-state index is 8.61. The maximum absolute atomic E-state index is 8.61. The van der Waals surface area contributed by atoms with Crippen LogP contribution in [0.2, 0.25) is 0 Å². The van der Waals surface area contributed by atoms with Gasteiger partial charge in [-0.1, -0.05) is 11.8 Å². The minimum absolute atomic E-state index is 0.0871. The van der Waals surface area contributed by atoms with E-state index in [4.69, 9.17) is 9.52 Å². The van der Waals surface area contributed by atoms with Gasteiger partial charge in [0.1, 0.15) is 12.4 Å². The molecule has 1 N–H and O–H groups in total. The molecule has 0 aliphatic rings. The molecule has 0 aromatic carbocycles. The molecule has 2 nitrogen and oxygen atoms in total. The van der Waals surface area contributed by atoms with Crippen molar-refractivity contribution in [3.8, 4) is 11.8 Å². The van der Waals surface area contributed by atoms with Gasteiger partial charge in [0.05, 0.1) is 11.1 Å². The monoisotopic (exact) mass is 264 g/mol. The van der Waals surface area contributed by atoms with E-state index in [1.54, 1.807) is 29.4 Å². The molecule has 0 unspecified atom stereocenters. The van der Waals surface area contributed by atoms with Crippen LogP contribution >= 0.6 is 23.1 Å². The van der Waals surface area contributed by atoms with Crippen molar-refractivity contribution in [3.05, 3.63) is 40.0 Å². The number of rotatable bonds is 3. The Hall–Kier alpha value is -1.15. The Bertz CT molecular complexity index is 543. The van der Waals surface area contributed by atoms with Crippen LogP contribution in [0.5, 0.6) is 0 Å². The van der Waals surface area contributed by atoms with Crippen LogP contribution in [0.1, 0.15) is 15.5 Å². The molecule has 0 saturated heterocycles. The van der Waals surface area contributed by atoms with Gasteiger partial charge in [-0.3, -0.25) is 0 Å². The lowest BCUT2D eigenvalue weighted by Crippen LogP contribution is -1.74. The summed E-state index contributed by atoms with van der Waals surface area (Å²) in [7, 11) is 0. The van der Waals surface area contributed by atoms with E-state index in [1.807, 2.05) is 19.1 Å². The van der Waals surface area contributed by atoms with Crippen LogP contribution in [0.3, 0.4) is 0 Å². The number of aliphatic hydroxyl groups is 1. The largest absolute Gasteiger partial charge is 0.468 e. The van der Waals surface area contributed by atoms with Crippen molar-refractivity contribution in [1.82, 2.24) is 0 Å². The third-order valence-corrected chi connectivity index (χ3v) is 4.51. The fourth-order valence-corrected chi connectivity index (χ4v) is 3.21. The third kappa shape index (κ3) is 3.40. The first kappa shape index (κ1) is 12.3. The number of aryl methyl sites for hydroxylation is 1. The Labute approximate surface area is 109 Å². The molecule has 4 heteroatoms. The van der Waals surface area contributed by atoms with Gasteiger partial charge in [0, 0.05) is 15.5 Å². The van der Waals surface area contributed by atoms with Gasteiger partial charge >= 0.3 is 0 Å². The molecule has 0 radical (unpaired) electrons. The molecule has 88 valence electrons. The molecular formula is C13H12O2S2. The van der Waals surface area contributed by atoms with Crippen molar-refractivity contribution in [1.29, 1.82) is 0 Å². The Morgan fingerprint density at radius 2 is 2.29 bits per heavy atom. The fraction of sp³-hybridized carbons (Fsp3) is 0.231. The molecule has 0 atom stereocenters. The summed E-state index contributed by atoms with van der Waals surface area (Å²) in [6.07, 6.45) is 1.71. The summed E-state index contributed by atoms with van der Waals surface area (Å²) in [5, 5.41) is 8.61. The molecule has 2 heterocycles. The fourth-order valence-electron chi connectivity index (χ4n) is 1.32. The van der Waals surface area contributed by atoms with Crippen LogP contribution in [-0.2, 0) is 5.75 Å². The first-order valence-corrected chi connectivity index (χ1v) is 6.95. The van der Waals surface area contributed by atoms with E-state index in [1.165, 1.54) is 9.77 Å².